The summed E-state index contributed by atoms with van der Waals surface area (Å²) in [6.45, 7) is 2.31. The Bertz CT molecular complexity index is 596. The highest BCUT2D eigenvalue weighted by molar-refractivity contribution is 5.29. The molecule has 2 aliphatic rings. The molecule has 2 aliphatic carbocycles. The van der Waals surface area contributed by atoms with Crippen molar-refractivity contribution >= 4 is 0 Å². The minimum absolute atomic E-state index is 0.0787. The van der Waals surface area contributed by atoms with Gasteiger partial charge in [-0.1, -0.05) is 64.0 Å². The van der Waals surface area contributed by atoms with Crippen molar-refractivity contribution in [1.29, 1.82) is 0 Å². The summed E-state index contributed by atoms with van der Waals surface area (Å²) in [4.78, 5) is 0. The van der Waals surface area contributed by atoms with Crippen molar-refractivity contribution in [3.05, 3.63) is 29.8 Å². The first-order valence-corrected chi connectivity index (χ1v) is 11.3. The summed E-state index contributed by atoms with van der Waals surface area (Å²) >= 11 is 0. The third-order valence-electron chi connectivity index (χ3n) is 7.22. The van der Waals surface area contributed by atoms with E-state index in [-0.39, 0.29) is 5.75 Å². The molecule has 29 heavy (non-hydrogen) atoms. The molecule has 0 saturated heterocycles. The fraction of sp³-hybridized carbons (Fsp3) is 0.750. The predicted octanol–water partition coefficient (Wildman–Crippen LogP) is 8.19. The molecule has 5 heteroatoms. The van der Waals surface area contributed by atoms with Gasteiger partial charge >= 0.3 is 12.5 Å². The molecule has 0 heterocycles. The first-order valence-electron chi connectivity index (χ1n) is 11.3. The van der Waals surface area contributed by atoms with Crippen LogP contribution in [-0.4, -0.2) is 12.5 Å². The van der Waals surface area contributed by atoms with Crippen LogP contribution in [0.5, 0.6) is 5.75 Å². The fourth-order valence-corrected chi connectivity index (χ4v) is 5.19. The van der Waals surface area contributed by atoms with Crippen LogP contribution in [0.15, 0.2) is 24.3 Å². The van der Waals surface area contributed by atoms with Crippen molar-refractivity contribution in [3.63, 3.8) is 0 Å². The molecule has 1 aromatic carbocycles. The number of hydrogen-bond acceptors (Lipinski definition) is 1. The van der Waals surface area contributed by atoms with E-state index in [4.69, 9.17) is 0 Å². The van der Waals surface area contributed by atoms with Crippen LogP contribution in [0.2, 0.25) is 0 Å². The predicted molar refractivity (Wildman–Crippen MR) is 108 cm³/mol. The van der Waals surface area contributed by atoms with Crippen LogP contribution in [0.4, 0.5) is 17.6 Å². The summed E-state index contributed by atoms with van der Waals surface area (Å²) in [6, 6.07) is 6.48. The quantitative estimate of drug-likeness (QED) is 0.409. The van der Waals surface area contributed by atoms with Gasteiger partial charge in [0.1, 0.15) is 5.75 Å². The summed E-state index contributed by atoms with van der Waals surface area (Å²) in [5, 5.41) is 0. The summed E-state index contributed by atoms with van der Waals surface area (Å²) in [5.41, 5.74) is 1.12. The molecule has 0 N–H and O–H groups in total. The first kappa shape index (κ1) is 22.4. The Morgan fingerprint density at radius 2 is 1.31 bits per heavy atom. The zero-order valence-electron chi connectivity index (χ0n) is 17.4. The summed E-state index contributed by atoms with van der Waals surface area (Å²) in [5.74, 6) is 3.08. The number of hydrogen-bond donors (Lipinski definition) is 0. The van der Waals surface area contributed by atoms with Gasteiger partial charge in [-0.15, -0.1) is 0 Å². The monoisotopic (exact) mass is 414 g/mol. The van der Waals surface area contributed by atoms with Gasteiger partial charge < -0.3 is 4.74 Å². The second-order valence-electron chi connectivity index (χ2n) is 9.13. The van der Waals surface area contributed by atoms with Crippen LogP contribution in [0.25, 0.3) is 0 Å². The number of rotatable bonds is 7. The van der Waals surface area contributed by atoms with E-state index in [0.29, 0.717) is 5.92 Å². The van der Waals surface area contributed by atoms with E-state index in [1.807, 2.05) is 0 Å². The summed E-state index contributed by atoms with van der Waals surface area (Å²) in [7, 11) is 0. The Morgan fingerprint density at radius 1 is 0.828 bits per heavy atom. The number of ether oxygens (including phenoxy) is 1. The molecule has 2 saturated carbocycles. The molecule has 1 unspecified atom stereocenters. The molecule has 0 radical (unpaired) electrons. The molecule has 2 fully saturated rings. The fourth-order valence-electron chi connectivity index (χ4n) is 5.19. The van der Waals surface area contributed by atoms with E-state index < -0.39 is 12.5 Å². The van der Waals surface area contributed by atoms with E-state index in [1.165, 1.54) is 69.9 Å². The average molecular weight is 415 g/mol. The normalized spacial score (nSPS) is 29.4. The van der Waals surface area contributed by atoms with Crippen molar-refractivity contribution in [3.8, 4) is 5.75 Å². The van der Waals surface area contributed by atoms with E-state index >= 15 is 0 Å². The molecule has 0 aliphatic heterocycles. The topological polar surface area (TPSA) is 9.23 Å². The van der Waals surface area contributed by atoms with Crippen molar-refractivity contribution in [2.45, 2.75) is 96.0 Å². The van der Waals surface area contributed by atoms with Gasteiger partial charge in [0.2, 0.25) is 0 Å². The Hall–Kier alpha value is -1.26. The van der Waals surface area contributed by atoms with E-state index in [2.05, 4.69) is 11.7 Å². The first-order chi connectivity index (χ1) is 13.8. The Labute approximate surface area is 172 Å². The van der Waals surface area contributed by atoms with Crippen LogP contribution in [0.1, 0.15) is 89.0 Å². The number of alkyl halides is 4. The minimum Gasteiger partial charge on any atom is -0.452 e. The molecule has 1 atom stereocenters. The van der Waals surface area contributed by atoms with Gasteiger partial charge in [0.05, 0.1) is 0 Å². The van der Waals surface area contributed by atoms with Crippen molar-refractivity contribution in [2.24, 2.45) is 17.8 Å². The molecule has 0 amide bonds. The minimum atomic E-state index is -4.99. The Morgan fingerprint density at radius 3 is 1.79 bits per heavy atom. The van der Waals surface area contributed by atoms with Gasteiger partial charge in [-0.2, -0.15) is 17.6 Å². The third kappa shape index (κ3) is 6.62. The smallest absolute Gasteiger partial charge is 0.452 e. The highest BCUT2D eigenvalue weighted by Gasteiger charge is 2.42. The lowest BCUT2D eigenvalue weighted by atomic mass is 9.74. The molecular formula is C24H34F4O. The maximum Gasteiger partial charge on any atom is 0.457 e. The van der Waals surface area contributed by atoms with Gasteiger partial charge in [0.25, 0.3) is 0 Å². The summed E-state index contributed by atoms with van der Waals surface area (Å²) < 4.78 is 54.1. The highest BCUT2D eigenvalue weighted by Crippen LogP contribution is 2.40. The highest BCUT2D eigenvalue weighted by atomic mass is 19.4. The summed E-state index contributed by atoms with van der Waals surface area (Å²) in [6.07, 6.45) is 6.16. The molecule has 1 nitrogen and oxygen atoms in total. The number of halogens is 4. The van der Waals surface area contributed by atoms with Gasteiger partial charge in [0.15, 0.2) is 0 Å². The van der Waals surface area contributed by atoms with Crippen LogP contribution in [0.3, 0.4) is 0 Å². The Kier molecular flexibility index (Phi) is 7.86. The van der Waals surface area contributed by atoms with Crippen LogP contribution in [0, 0.1) is 17.8 Å². The molecule has 164 valence electrons. The van der Waals surface area contributed by atoms with Gasteiger partial charge in [-0.05, 0) is 67.1 Å². The lowest BCUT2D eigenvalue weighted by molar-refractivity contribution is -0.236. The SMILES string of the molecule is CC[C@H]1CC[C@H](CC[C@H]2CC[C@H](c3ccc(OC(F)C(F)(F)F)cc3)CC2)CC1. The lowest BCUT2D eigenvalue weighted by Crippen LogP contribution is -2.29. The zero-order valence-corrected chi connectivity index (χ0v) is 17.4. The third-order valence-corrected chi connectivity index (χ3v) is 7.22. The van der Waals surface area contributed by atoms with E-state index in [1.54, 1.807) is 12.1 Å². The van der Waals surface area contributed by atoms with E-state index in [9.17, 15) is 17.6 Å². The van der Waals surface area contributed by atoms with Crippen LogP contribution in [-0.2, 0) is 0 Å². The zero-order chi connectivity index (χ0) is 20.9. The lowest BCUT2D eigenvalue weighted by Gasteiger charge is -2.32. The van der Waals surface area contributed by atoms with Gasteiger partial charge in [-0.3, -0.25) is 0 Å². The second-order valence-corrected chi connectivity index (χ2v) is 9.13. The van der Waals surface area contributed by atoms with Crippen molar-refractivity contribution < 1.29 is 22.3 Å². The van der Waals surface area contributed by atoms with Crippen molar-refractivity contribution in [2.75, 3.05) is 0 Å². The second kappa shape index (κ2) is 10.2. The van der Waals surface area contributed by atoms with Crippen LogP contribution >= 0.6 is 0 Å². The molecule has 3 rings (SSSR count). The molecule has 1 aromatic rings. The van der Waals surface area contributed by atoms with Crippen molar-refractivity contribution in [1.82, 2.24) is 0 Å². The van der Waals surface area contributed by atoms with Gasteiger partial charge in [-0.25, -0.2) is 0 Å². The maximum atomic E-state index is 13.0. The van der Waals surface area contributed by atoms with E-state index in [0.717, 1.165) is 36.2 Å². The molecule has 0 spiro atoms. The Balaban J connectivity index is 1.39. The van der Waals surface area contributed by atoms with Crippen LogP contribution < -0.4 is 4.74 Å². The molecule has 0 bridgehead atoms. The standard InChI is InChI=1S/C24H34F4O/c1-2-17-3-5-18(6-4-17)7-8-19-9-11-20(12-10-19)21-13-15-22(16-14-21)29-23(25)24(26,27)28/h13-20,23H,2-12H2,1H3/t17-,18-,19-,20-,23?. The average Bonchev–Trinajstić information content (AvgIpc) is 2.73. The molecular weight excluding hydrogens is 380 g/mol. The van der Waals surface area contributed by atoms with Gasteiger partial charge in [0, 0.05) is 0 Å². The molecule has 0 aromatic heterocycles. The largest absolute Gasteiger partial charge is 0.457 e. The maximum absolute atomic E-state index is 13.0. The number of benzene rings is 1.